The molecule has 0 spiro atoms. The van der Waals surface area contributed by atoms with Crippen molar-refractivity contribution in [1.29, 1.82) is 0 Å². The summed E-state index contributed by atoms with van der Waals surface area (Å²) in [5, 5.41) is 3.22. The maximum absolute atomic E-state index is 11.0. The Labute approximate surface area is 200 Å². The Bertz CT molecular complexity index is 894. The van der Waals surface area contributed by atoms with E-state index in [1.807, 2.05) is 4.57 Å². The Kier molecular flexibility index (Phi) is 10.4. The highest BCUT2D eigenvalue weighted by Gasteiger charge is 2.47. The van der Waals surface area contributed by atoms with Crippen LogP contribution in [0.3, 0.4) is 0 Å². The van der Waals surface area contributed by atoms with Gasteiger partial charge < -0.3 is 30.0 Å². The van der Waals surface area contributed by atoms with E-state index in [1.165, 1.54) is 6.33 Å². The number of nitrogens with two attached hydrogens (primary N) is 1. The second kappa shape index (κ2) is 13.5. The molecular formula is C23H38N6O5. The van der Waals surface area contributed by atoms with E-state index in [2.05, 4.69) is 41.0 Å². The molecule has 11 heteroatoms. The molecule has 1 amide bonds. The smallest absolute Gasteiger partial charge is 0.217 e. The van der Waals surface area contributed by atoms with Crippen molar-refractivity contribution in [3.05, 3.63) is 12.7 Å². The van der Waals surface area contributed by atoms with Crippen LogP contribution < -0.4 is 11.1 Å². The summed E-state index contributed by atoms with van der Waals surface area (Å²) in [5.74, 6) is 0.270. The lowest BCUT2D eigenvalue weighted by Crippen LogP contribution is -2.39. The molecule has 4 atom stereocenters. The van der Waals surface area contributed by atoms with Gasteiger partial charge in [0.2, 0.25) is 5.91 Å². The molecule has 3 heterocycles. The highest BCUT2D eigenvalue weighted by Crippen LogP contribution is 2.36. The molecule has 1 aliphatic rings. The van der Waals surface area contributed by atoms with Crippen LogP contribution in [0.5, 0.6) is 0 Å². The van der Waals surface area contributed by atoms with Crippen LogP contribution in [0.15, 0.2) is 12.7 Å². The van der Waals surface area contributed by atoms with Gasteiger partial charge in [-0.2, -0.15) is 0 Å². The quantitative estimate of drug-likeness (QED) is 0.349. The molecule has 1 saturated heterocycles. The summed E-state index contributed by atoms with van der Waals surface area (Å²) in [7, 11) is 0. The Hall–Kier alpha value is -2.34. The number of hydrogen-bond acceptors (Lipinski definition) is 9. The van der Waals surface area contributed by atoms with Gasteiger partial charge in [-0.25, -0.2) is 15.0 Å². The number of nitrogens with zero attached hydrogens (tertiary/aromatic N) is 4. The number of fused-ring (bicyclic) bond motifs is 1. The number of hydrogen-bond donors (Lipinski definition) is 2. The topological polar surface area (TPSA) is 136 Å². The van der Waals surface area contributed by atoms with E-state index in [0.717, 1.165) is 19.3 Å². The van der Waals surface area contributed by atoms with Crippen LogP contribution in [0.25, 0.3) is 11.2 Å². The van der Waals surface area contributed by atoms with Gasteiger partial charge in [-0.15, -0.1) is 0 Å². The number of rotatable bonds is 16. The Balaban J connectivity index is 1.84. The van der Waals surface area contributed by atoms with Crippen LogP contribution >= 0.6 is 0 Å². The summed E-state index contributed by atoms with van der Waals surface area (Å²) in [6.07, 6.45) is 5.49. The summed E-state index contributed by atoms with van der Waals surface area (Å²) in [6.45, 7) is 9.08. The summed E-state index contributed by atoms with van der Waals surface area (Å²) >= 11 is 0. The van der Waals surface area contributed by atoms with Crippen molar-refractivity contribution < 1.29 is 23.7 Å². The molecule has 11 nitrogen and oxygen atoms in total. The predicted molar refractivity (Wildman–Crippen MR) is 127 cm³/mol. The van der Waals surface area contributed by atoms with Crippen LogP contribution in [0, 0.1) is 0 Å². The molecule has 0 saturated carbocycles. The zero-order valence-electron chi connectivity index (χ0n) is 20.4. The average molecular weight is 479 g/mol. The second-order valence-electron chi connectivity index (χ2n) is 8.35. The molecule has 34 heavy (non-hydrogen) atoms. The maximum Gasteiger partial charge on any atom is 0.217 e. The van der Waals surface area contributed by atoms with Gasteiger partial charge in [-0.3, -0.25) is 9.36 Å². The Morgan fingerprint density at radius 2 is 1.82 bits per heavy atom. The standard InChI is InChI=1S/C23H38N6O5/c1-4-10-31-13-16-19(32-11-5-2)20(33-12-6-3)23(34-16)29-15-28-18-21(26-14-27-22(18)29)25-9-7-8-17(24)30/h14-16,19-20,23H,4-13H2,1-3H3,(H2,24,30)(H,25,26,27). The zero-order chi connectivity index (χ0) is 24.3. The highest BCUT2D eigenvalue weighted by molar-refractivity contribution is 5.82. The van der Waals surface area contributed by atoms with Crippen molar-refractivity contribution in [2.45, 2.75) is 77.4 Å². The molecule has 1 fully saturated rings. The maximum atomic E-state index is 11.0. The van der Waals surface area contributed by atoms with E-state index in [4.69, 9.17) is 24.7 Å². The molecule has 2 aromatic rings. The first-order chi connectivity index (χ1) is 16.6. The van der Waals surface area contributed by atoms with Crippen molar-refractivity contribution in [3.8, 4) is 0 Å². The first kappa shape index (κ1) is 26.3. The van der Waals surface area contributed by atoms with Gasteiger partial charge in [0.15, 0.2) is 23.2 Å². The van der Waals surface area contributed by atoms with Gasteiger partial charge in [0.05, 0.1) is 12.9 Å². The largest absolute Gasteiger partial charge is 0.379 e. The second-order valence-corrected chi connectivity index (χ2v) is 8.35. The van der Waals surface area contributed by atoms with E-state index in [0.29, 0.717) is 62.8 Å². The lowest BCUT2D eigenvalue weighted by molar-refractivity contribution is -0.118. The first-order valence-corrected chi connectivity index (χ1v) is 12.3. The molecule has 0 bridgehead atoms. The third-order valence-corrected chi connectivity index (χ3v) is 5.47. The van der Waals surface area contributed by atoms with Crippen LogP contribution in [0.2, 0.25) is 0 Å². The van der Waals surface area contributed by atoms with Gasteiger partial charge in [0.1, 0.15) is 24.6 Å². The summed E-state index contributed by atoms with van der Waals surface area (Å²) in [6, 6.07) is 0. The number of carbonyl (C=O) groups is 1. The highest BCUT2D eigenvalue weighted by atomic mass is 16.6. The molecule has 3 N–H and O–H groups in total. The van der Waals surface area contributed by atoms with Gasteiger partial charge in [-0.1, -0.05) is 20.8 Å². The Morgan fingerprint density at radius 3 is 2.53 bits per heavy atom. The third kappa shape index (κ3) is 6.62. The minimum atomic E-state index is -0.466. The number of ether oxygens (including phenoxy) is 4. The van der Waals surface area contributed by atoms with Crippen LogP contribution in [-0.2, 0) is 23.7 Å². The van der Waals surface area contributed by atoms with Crippen molar-refractivity contribution in [1.82, 2.24) is 19.5 Å². The normalized spacial score (nSPS) is 22.4. The molecular weight excluding hydrogens is 440 g/mol. The van der Waals surface area contributed by atoms with E-state index in [1.54, 1.807) is 6.33 Å². The van der Waals surface area contributed by atoms with E-state index >= 15 is 0 Å². The lowest BCUT2D eigenvalue weighted by Gasteiger charge is -2.25. The number of aromatic nitrogens is 4. The van der Waals surface area contributed by atoms with Crippen LogP contribution in [0.4, 0.5) is 5.82 Å². The first-order valence-electron chi connectivity index (χ1n) is 12.3. The van der Waals surface area contributed by atoms with Gasteiger partial charge in [0, 0.05) is 32.8 Å². The fourth-order valence-electron chi connectivity index (χ4n) is 3.93. The zero-order valence-corrected chi connectivity index (χ0v) is 20.4. The number of amides is 1. The van der Waals surface area contributed by atoms with E-state index in [9.17, 15) is 4.79 Å². The van der Waals surface area contributed by atoms with Crippen LogP contribution in [0.1, 0.15) is 59.1 Å². The molecule has 0 aliphatic carbocycles. The van der Waals surface area contributed by atoms with Crippen molar-refractivity contribution >= 4 is 22.9 Å². The van der Waals surface area contributed by atoms with Crippen LogP contribution in [-0.4, -0.2) is 76.7 Å². The summed E-state index contributed by atoms with van der Waals surface area (Å²) in [5.41, 5.74) is 6.47. The van der Waals surface area contributed by atoms with Crippen molar-refractivity contribution in [3.63, 3.8) is 0 Å². The molecule has 0 aromatic carbocycles. The van der Waals surface area contributed by atoms with E-state index in [-0.39, 0.29) is 24.2 Å². The third-order valence-electron chi connectivity index (χ3n) is 5.47. The van der Waals surface area contributed by atoms with Crippen molar-refractivity contribution in [2.24, 2.45) is 5.73 Å². The fraction of sp³-hybridized carbons (Fsp3) is 0.739. The van der Waals surface area contributed by atoms with Gasteiger partial charge in [-0.05, 0) is 25.7 Å². The lowest BCUT2D eigenvalue weighted by atomic mass is 10.1. The minimum absolute atomic E-state index is 0.265. The predicted octanol–water partition coefficient (Wildman–Crippen LogP) is 2.42. The fourth-order valence-corrected chi connectivity index (χ4v) is 3.93. The average Bonchev–Trinajstić information content (AvgIpc) is 3.40. The molecule has 1 aliphatic heterocycles. The number of anilines is 1. The monoisotopic (exact) mass is 478 g/mol. The molecule has 190 valence electrons. The molecule has 4 unspecified atom stereocenters. The molecule has 2 aromatic heterocycles. The minimum Gasteiger partial charge on any atom is -0.379 e. The molecule has 0 radical (unpaired) electrons. The summed E-state index contributed by atoms with van der Waals surface area (Å²) < 4.78 is 26.6. The van der Waals surface area contributed by atoms with E-state index < -0.39 is 6.23 Å². The van der Waals surface area contributed by atoms with Gasteiger partial charge >= 0.3 is 0 Å². The number of carbonyl (C=O) groups excluding carboxylic acids is 1. The number of primary amides is 1. The SMILES string of the molecule is CCCOCC1OC(n2cnc3c(NCCCC(N)=O)ncnc32)C(OCCC)C1OCCC. The summed E-state index contributed by atoms with van der Waals surface area (Å²) in [4.78, 5) is 24.3. The number of nitrogens with one attached hydrogen (secondary N) is 1. The van der Waals surface area contributed by atoms with Crippen molar-refractivity contribution in [2.75, 3.05) is 38.3 Å². The molecule has 3 rings (SSSR count). The Morgan fingerprint density at radius 1 is 1.09 bits per heavy atom. The van der Waals surface area contributed by atoms with Gasteiger partial charge in [0.25, 0.3) is 0 Å². The number of imidazole rings is 1.